The van der Waals surface area contributed by atoms with Crippen LogP contribution in [0.1, 0.15) is 0 Å². The molecule has 5 rings (SSSR count). The van der Waals surface area contributed by atoms with E-state index in [1.807, 2.05) is 30.3 Å². The molecule has 0 aliphatic carbocycles. The van der Waals surface area contributed by atoms with Crippen LogP contribution in [0.15, 0.2) is 30.3 Å². The molecule has 1 aliphatic heterocycles. The molecule has 0 unspecified atom stereocenters. The molecule has 0 spiro atoms. The maximum absolute atomic E-state index is 5.69. The van der Waals surface area contributed by atoms with Gasteiger partial charge in [-0.3, -0.25) is 0 Å². The Kier molecular flexibility index (Phi) is 3.91. The van der Waals surface area contributed by atoms with Crippen LogP contribution in [0.25, 0.3) is 32.4 Å². The van der Waals surface area contributed by atoms with Gasteiger partial charge in [-0.2, -0.15) is 0 Å². The van der Waals surface area contributed by atoms with Gasteiger partial charge in [0.1, 0.15) is 5.75 Å². The standard InChI is InChI=1S/C22H19NO6/c1-24-15-6-5-11-13-8-16(25-2)12-7-17-18(29-10-28-17)9-14(12)20(13)23-22(27-4)19(11)21(15)26-3/h5-9H,10H2,1-4H3. The highest BCUT2D eigenvalue weighted by Crippen LogP contribution is 2.47. The molecule has 4 aromatic rings. The zero-order valence-electron chi connectivity index (χ0n) is 16.5. The third-order valence-electron chi connectivity index (χ3n) is 5.24. The van der Waals surface area contributed by atoms with Gasteiger partial charge in [-0.1, -0.05) is 0 Å². The fourth-order valence-corrected chi connectivity index (χ4v) is 3.93. The molecular weight excluding hydrogens is 374 g/mol. The summed E-state index contributed by atoms with van der Waals surface area (Å²) >= 11 is 0. The summed E-state index contributed by atoms with van der Waals surface area (Å²) in [5.74, 6) is 3.72. The number of ether oxygens (including phenoxy) is 6. The Labute approximate surface area is 166 Å². The second kappa shape index (κ2) is 6.48. The number of pyridine rings is 1. The second-order valence-corrected chi connectivity index (χ2v) is 6.57. The van der Waals surface area contributed by atoms with Crippen molar-refractivity contribution >= 4 is 32.4 Å². The van der Waals surface area contributed by atoms with Crippen LogP contribution in [-0.2, 0) is 0 Å². The normalized spacial score (nSPS) is 12.6. The van der Waals surface area contributed by atoms with Crippen LogP contribution in [0.4, 0.5) is 0 Å². The monoisotopic (exact) mass is 393 g/mol. The Balaban J connectivity index is 1.99. The summed E-state index contributed by atoms with van der Waals surface area (Å²) in [6.07, 6.45) is 0. The number of nitrogens with zero attached hydrogens (tertiary/aromatic N) is 1. The third-order valence-corrected chi connectivity index (χ3v) is 5.24. The highest BCUT2D eigenvalue weighted by atomic mass is 16.7. The van der Waals surface area contributed by atoms with Crippen LogP contribution < -0.4 is 28.4 Å². The summed E-state index contributed by atoms with van der Waals surface area (Å²) < 4.78 is 33.5. The third kappa shape index (κ3) is 2.40. The molecule has 0 amide bonds. The van der Waals surface area contributed by atoms with Crippen molar-refractivity contribution in [2.45, 2.75) is 0 Å². The van der Waals surface area contributed by atoms with Crippen molar-refractivity contribution in [1.29, 1.82) is 0 Å². The minimum atomic E-state index is 0.197. The van der Waals surface area contributed by atoms with Gasteiger partial charge in [0.25, 0.3) is 0 Å². The molecule has 0 saturated heterocycles. The maximum atomic E-state index is 5.69. The Hall–Kier alpha value is -3.61. The number of fused-ring (bicyclic) bond motifs is 6. The summed E-state index contributed by atoms with van der Waals surface area (Å²) in [5.41, 5.74) is 0.774. The van der Waals surface area contributed by atoms with Gasteiger partial charge < -0.3 is 28.4 Å². The Morgan fingerprint density at radius 3 is 2.07 bits per heavy atom. The van der Waals surface area contributed by atoms with Crippen LogP contribution in [0.3, 0.4) is 0 Å². The van der Waals surface area contributed by atoms with E-state index in [0.29, 0.717) is 34.6 Å². The lowest BCUT2D eigenvalue weighted by Crippen LogP contribution is -1.98. The highest BCUT2D eigenvalue weighted by Gasteiger charge is 2.22. The summed E-state index contributed by atoms with van der Waals surface area (Å²) in [5, 5.41) is 4.34. The number of hydrogen-bond acceptors (Lipinski definition) is 7. The Bertz CT molecular complexity index is 1280. The van der Waals surface area contributed by atoms with Crippen molar-refractivity contribution in [3.63, 3.8) is 0 Å². The van der Waals surface area contributed by atoms with E-state index < -0.39 is 0 Å². The van der Waals surface area contributed by atoms with E-state index in [0.717, 1.165) is 32.4 Å². The number of aromatic nitrogens is 1. The predicted molar refractivity (Wildman–Crippen MR) is 109 cm³/mol. The Morgan fingerprint density at radius 2 is 1.41 bits per heavy atom. The van der Waals surface area contributed by atoms with E-state index in [9.17, 15) is 0 Å². The van der Waals surface area contributed by atoms with Crippen LogP contribution >= 0.6 is 0 Å². The first-order valence-electron chi connectivity index (χ1n) is 9.03. The quantitative estimate of drug-likeness (QED) is 0.479. The van der Waals surface area contributed by atoms with Gasteiger partial charge in [-0.15, -0.1) is 0 Å². The van der Waals surface area contributed by atoms with Gasteiger partial charge in [0.15, 0.2) is 23.0 Å². The number of benzene rings is 3. The number of hydrogen-bond donors (Lipinski definition) is 0. The molecule has 148 valence electrons. The number of methoxy groups -OCH3 is 4. The van der Waals surface area contributed by atoms with Crippen molar-refractivity contribution in [1.82, 2.24) is 4.98 Å². The molecule has 3 aromatic carbocycles. The van der Waals surface area contributed by atoms with Crippen molar-refractivity contribution < 1.29 is 28.4 Å². The van der Waals surface area contributed by atoms with Crippen molar-refractivity contribution in [3.05, 3.63) is 30.3 Å². The lowest BCUT2D eigenvalue weighted by Gasteiger charge is -2.16. The lowest BCUT2D eigenvalue weighted by atomic mass is 9.99. The molecule has 29 heavy (non-hydrogen) atoms. The van der Waals surface area contributed by atoms with Gasteiger partial charge in [-0.25, -0.2) is 4.98 Å². The first-order chi connectivity index (χ1) is 14.2. The van der Waals surface area contributed by atoms with E-state index in [2.05, 4.69) is 0 Å². The molecule has 0 N–H and O–H groups in total. The molecule has 1 aliphatic rings. The summed E-state index contributed by atoms with van der Waals surface area (Å²) in [6, 6.07) is 9.67. The fraction of sp³-hybridized carbons (Fsp3) is 0.227. The van der Waals surface area contributed by atoms with Crippen LogP contribution in [0, 0.1) is 0 Å². The van der Waals surface area contributed by atoms with E-state index in [4.69, 9.17) is 33.4 Å². The number of rotatable bonds is 4. The van der Waals surface area contributed by atoms with Crippen molar-refractivity contribution in [3.8, 4) is 34.6 Å². The van der Waals surface area contributed by atoms with Gasteiger partial charge in [0.05, 0.1) is 39.3 Å². The predicted octanol–water partition coefficient (Wildman–Crippen LogP) is 4.30. The van der Waals surface area contributed by atoms with Crippen molar-refractivity contribution in [2.75, 3.05) is 35.2 Å². The van der Waals surface area contributed by atoms with Gasteiger partial charge >= 0.3 is 0 Å². The first kappa shape index (κ1) is 17.5. The lowest BCUT2D eigenvalue weighted by molar-refractivity contribution is 0.174. The molecule has 2 heterocycles. The van der Waals surface area contributed by atoms with Gasteiger partial charge in [0, 0.05) is 21.5 Å². The molecule has 0 bridgehead atoms. The average molecular weight is 393 g/mol. The molecular formula is C22H19NO6. The first-order valence-corrected chi connectivity index (χ1v) is 9.03. The molecule has 7 nitrogen and oxygen atoms in total. The molecule has 0 atom stereocenters. The summed E-state index contributed by atoms with van der Waals surface area (Å²) in [7, 11) is 6.44. The summed E-state index contributed by atoms with van der Waals surface area (Å²) in [6.45, 7) is 0.197. The smallest absolute Gasteiger partial charge is 0.231 e. The zero-order chi connectivity index (χ0) is 20.1. The van der Waals surface area contributed by atoms with Gasteiger partial charge in [0.2, 0.25) is 12.7 Å². The molecule has 1 aromatic heterocycles. The van der Waals surface area contributed by atoms with Crippen molar-refractivity contribution in [2.24, 2.45) is 0 Å². The molecule has 0 radical (unpaired) electrons. The molecule has 0 saturated carbocycles. The topological polar surface area (TPSA) is 68.3 Å². The van der Waals surface area contributed by atoms with E-state index >= 15 is 0 Å². The minimum Gasteiger partial charge on any atom is -0.496 e. The summed E-state index contributed by atoms with van der Waals surface area (Å²) in [4.78, 5) is 4.83. The maximum Gasteiger partial charge on any atom is 0.231 e. The average Bonchev–Trinajstić information content (AvgIpc) is 3.23. The van der Waals surface area contributed by atoms with Crippen LogP contribution in [-0.4, -0.2) is 40.2 Å². The molecule has 7 heteroatoms. The van der Waals surface area contributed by atoms with E-state index in [1.54, 1.807) is 28.4 Å². The minimum absolute atomic E-state index is 0.197. The van der Waals surface area contributed by atoms with E-state index in [-0.39, 0.29) is 6.79 Å². The SMILES string of the molecule is COc1ccc2c(c(OC)nc3c4cc5c(cc4c(OC)cc23)OCO5)c1OC. The fourth-order valence-electron chi connectivity index (χ4n) is 3.93. The highest BCUT2D eigenvalue weighted by molar-refractivity contribution is 6.19. The second-order valence-electron chi connectivity index (χ2n) is 6.57. The zero-order valence-corrected chi connectivity index (χ0v) is 16.5. The Morgan fingerprint density at radius 1 is 0.724 bits per heavy atom. The van der Waals surface area contributed by atoms with E-state index in [1.165, 1.54) is 0 Å². The van der Waals surface area contributed by atoms with Crippen LogP contribution in [0.2, 0.25) is 0 Å². The molecule has 0 fully saturated rings. The van der Waals surface area contributed by atoms with Crippen LogP contribution in [0.5, 0.6) is 34.6 Å². The van der Waals surface area contributed by atoms with Gasteiger partial charge in [-0.05, 0) is 30.3 Å². The largest absolute Gasteiger partial charge is 0.496 e.